The van der Waals surface area contributed by atoms with Crippen LogP contribution in [-0.2, 0) is 0 Å². The Balaban J connectivity index is 3.25. The minimum atomic E-state index is 0.712. The Bertz CT molecular complexity index is 94.1. The molecule has 13 heavy (non-hydrogen) atoms. The first-order valence-corrected chi connectivity index (χ1v) is 5.73. The van der Waals surface area contributed by atoms with E-state index in [1.807, 2.05) is 7.05 Å². The molecule has 0 aliphatic carbocycles. The molecule has 0 saturated carbocycles. The number of hydrogen-bond acceptors (Lipinski definition) is 2. The van der Waals surface area contributed by atoms with E-state index in [1.54, 1.807) is 0 Å². The summed E-state index contributed by atoms with van der Waals surface area (Å²) >= 11 is 0. The van der Waals surface area contributed by atoms with Gasteiger partial charge in [0.05, 0.1) is 0 Å². The molecule has 80 valence electrons. The molecule has 0 rings (SSSR count). The third kappa shape index (κ3) is 8.26. The number of rotatable bonds is 9. The van der Waals surface area contributed by atoms with Crippen LogP contribution in [0.2, 0.25) is 0 Å². The lowest BCUT2D eigenvalue weighted by molar-refractivity contribution is 0.452. The average molecular weight is 186 g/mol. The molecule has 2 heteroatoms. The summed E-state index contributed by atoms with van der Waals surface area (Å²) in [6.45, 7) is 6.82. The van der Waals surface area contributed by atoms with Crippen LogP contribution in [0.4, 0.5) is 0 Å². The standard InChI is InChI=1S/C11H26N2/c1-4-6-7-9-13-11(5-2)8-10-12-3/h11-13H,4-10H2,1-3H3. The van der Waals surface area contributed by atoms with Crippen LogP contribution in [0.15, 0.2) is 0 Å². The molecule has 0 aromatic rings. The Labute approximate surface area is 83.5 Å². The van der Waals surface area contributed by atoms with E-state index in [2.05, 4.69) is 24.5 Å². The van der Waals surface area contributed by atoms with E-state index in [-0.39, 0.29) is 0 Å². The lowest BCUT2D eigenvalue weighted by Crippen LogP contribution is -2.32. The van der Waals surface area contributed by atoms with Gasteiger partial charge in [-0.3, -0.25) is 0 Å². The molecule has 2 nitrogen and oxygen atoms in total. The van der Waals surface area contributed by atoms with Gasteiger partial charge in [-0.1, -0.05) is 26.7 Å². The largest absolute Gasteiger partial charge is 0.320 e. The topological polar surface area (TPSA) is 24.1 Å². The van der Waals surface area contributed by atoms with Crippen molar-refractivity contribution in [1.29, 1.82) is 0 Å². The highest BCUT2D eigenvalue weighted by Gasteiger charge is 2.02. The van der Waals surface area contributed by atoms with Gasteiger partial charge in [0.1, 0.15) is 0 Å². The molecule has 0 aliphatic heterocycles. The minimum absolute atomic E-state index is 0.712. The Morgan fingerprint density at radius 2 is 1.85 bits per heavy atom. The van der Waals surface area contributed by atoms with Gasteiger partial charge in [0, 0.05) is 6.04 Å². The minimum Gasteiger partial charge on any atom is -0.320 e. The van der Waals surface area contributed by atoms with Gasteiger partial charge in [-0.05, 0) is 39.4 Å². The van der Waals surface area contributed by atoms with E-state index in [0.717, 1.165) is 6.54 Å². The molecule has 1 atom stereocenters. The molecule has 0 spiro atoms. The third-order valence-corrected chi connectivity index (χ3v) is 2.45. The van der Waals surface area contributed by atoms with Gasteiger partial charge in [-0.2, -0.15) is 0 Å². The number of nitrogens with one attached hydrogen (secondary N) is 2. The van der Waals surface area contributed by atoms with E-state index in [4.69, 9.17) is 0 Å². The van der Waals surface area contributed by atoms with Crippen LogP contribution in [0.3, 0.4) is 0 Å². The molecule has 0 heterocycles. The van der Waals surface area contributed by atoms with Crippen molar-refractivity contribution in [2.24, 2.45) is 0 Å². The summed E-state index contributed by atoms with van der Waals surface area (Å²) in [5.41, 5.74) is 0. The third-order valence-electron chi connectivity index (χ3n) is 2.45. The first-order chi connectivity index (χ1) is 6.35. The average Bonchev–Trinajstić information content (AvgIpc) is 2.17. The van der Waals surface area contributed by atoms with Crippen molar-refractivity contribution >= 4 is 0 Å². The summed E-state index contributed by atoms with van der Waals surface area (Å²) in [5, 5.41) is 6.79. The maximum absolute atomic E-state index is 3.60. The van der Waals surface area contributed by atoms with Gasteiger partial charge in [0.25, 0.3) is 0 Å². The Morgan fingerprint density at radius 1 is 1.08 bits per heavy atom. The van der Waals surface area contributed by atoms with Crippen LogP contribution in [-0.4, -0.2) is 26.2 Å². The van der Waals surface area contributed by atoms with Crippen molar-refractivity contribution in [3.8, 4) is 0 Å². The predicted molar refractivity (Wildman–Crippen MR) is 60.2 cm³/mol. The summed E-state index contributed by atoms with van der Waals surface area (Å²) in [7, 11) is 2.02. The second-order valence-electron chi connectivity index (χ2n) is 3.66. The molecule has 0 amide bonds. The lowest BCUT2D eigenvalue weighted by atomic mass is 10.1. The highest BCUT2D eigenvalue weighted by atomic mass is 14.9. The molecule has 0 aromatic heterocycles. The zero-order valence-corrected chi connectivity index (χ0v) is 9.53. The maximum Gasteiger partial charge on any atom is 0.00765 e. The molecule has 1 unspecified atom stereocenters. The SMILES string of the molecule is CCCCCNC(CC)CCNC. The Hall–Kier alpha value is -0.0800. The quantitative estimate of drug-likeness (QED) is 0.539. The number of hydrogen-bond donors (Lipinski definition) is 2. The van der Waals surface area contributed by atoms with E-state index in [1.165, 1.54) is 38.6 Å². The molecule has 0 aliphatic rings. The van der Waals surface area contributed by atoms with Gasteiger partial charge in [0.15, 0.2) is 0 Å². The van der Waals surface area contributed by atoms with Crippen molar-refractivity contribution in [2.45, 2.75) is 52.0 Å². The molecule has 2 N–H and O–H groups in total. The molecular formula is C11H26N2. The van der Waals surface area contributed by atoms with Gasteiger partial charge in [-0.15, -0.1) is 0 Å². The van der Waals surface area contributed by atoms with Gasteiger partial charge < -0.3 is 10.6 Å². The molecule has 0 fully saturated rings. The van der Waals surface area contributed by atoms with Crippen molar-refractivity contribution < 1.29 is 0 Å². The fourth-order valence-electron chi connectivity index (χ4n) is 1.45. The Morgan fingerprint density at radius 3 is 2.38 bits per heavy atom. The first kappa shape index (κ1) is 12.9. The van der Waals surface area contributed by atoms with Crippen LogP contribution in [0.1, 0.15) is 46.0 Å². The van der Waals surface area contributed by atoms with E-state index in [0.29, 0.717) is 6.04 Å². The van der Waals surface area contributed by atoms with Crippen LogP contribution in [0.25, 0.3) is 0 Å². The highest BCUT2D eigenvalue weighted by molar-refractivity contribution is 4.65. The van der Waals surface area contributed by atoms with E-state index < -0.39 is 0 Å². The molecule has 0 bridgehead atoms. The molecule has 0 aromatic carbocycles. The van der Waals surface area contributed by atoms with Crippen LogP contribution >= 0.6 is 0 Å². The smallest absolute Gasteiger partial charge is 0.00765 e. The fourth-order valence-corrected chi connectivity index (χ4v) is 1.45. The fraction of sp³-hybridized carbons (Fsp3) is 1.00. The van der Waals surface area contributed by atoms with Crippen LogP contribution in [0.5, 0.6) is 0 Å². The maximum atomic E-state index is 3.60. The van der Waals surface area contributed by atoms with Crippen molar-refractivity contribution in [2.75, 3.05) is 20.1 Å². The van der Waals surface area contributed by atoms with Crippen molar-refractivity contribution in [3.05, 3.63) is 0 Å². The summed E-state index contributed by atoms with van der Waals surface area (Å²) < 4.78 is 0. The monoisotopic (exact) mass is 186 g/mol. The molecule has 0 radical (unpaired) electrons. The van der Waals surface area contributed by atoms with Gasteiger partial charge in [-0.25, -0.2) is 0 Å². The number of unbranched alkanes of at least 4 members (excludes halogenated alkanes) is 2. The summed E-state index contributed by atoms with van der Waals surface area (Å²) in [6, 6.07) is 0.712. The second-order valence-corrected chi connectivity index (χ2v) is 3.66. The predicted octanol–water partition coefficient (Wildman–Crippen LogP) is 2.15. The van der Waals surface area contributed by atoms with Crippen molar-refractivity contribution in [1.82, 2.24) is 10.6 Å². The van der Waals surface area contributed by atoms with Gasteiger partial charge >= 0.3 is 0 Å². The van der Waals surface area contributed by atoms with Crippen LogP contribution in [0, 0.1) is 0 Å². The first-order valence-electron chi connectivity index (χ1n) is 5.73. The normalized spacial score (nSPS) is 13.2. The van der Waals surface area contributed by atoms with Crippen molar-refractivity contribution in [3.63, 3.8) is 0 Å². The van der Waals surface area contributed by atoms with Crippen LogP contribution < -0.4 is 10.6 Å². The molecule has 0 saturated heterocycles. The summed E-state index contributed by atoms with van der Waals surface area (Å²) in [4.78, 5) is 0. The highest BCUT2D eigenvalue weighted by Crippen LogP contribution is 1.98. The Kier molecular flexibility index (Phi) is 9.94. The lowest BCUT2D eigenvalue weighted by Gasteiger charge is -2.16. The van der Waals surface area contributed by atoms with E-state index >= 15 is 0 Å². The summed E-state index contributed by atoms with van der Waals surface area (Å²) in [6.07, 6.45) is 6.49. The van der Waals surface area contributed by atoms with Gasteiger partial charge in [0.2, 0.25) is 0 Å². The molecular weight excluding hydrogens is 160 g/mol. The van der Waals surface area contributed by atoms with E-state index in [9.17, 15) is 0 Å². The zero-order chi connectivity index (χ0) is 9.94. The summed E-state index contributed by atoms with van der Waals surface area (Å²) in [5.74, 6) is 0. The second kappa shape index (κ2) is 10.0. The zero-order valence-electron chi connectivity index (χ0n) is 9.53.